The Morgan fingerprint density at radius 3 is 2.94 bits per heavy atom. The molecule has 0 spiro atoms. The highest BCUT2D eigenvalue weighted by Crippen LogP contribution is 2.30. The fraction of sp³-hybridized carbons (Fsp3) is 0.400. The average Bonchev–Trinajstić information content (AvgIpc) is 2.87. The number of benzene rings is 1. The molecule has 36 heavy (non-hydrogen) atoms. The summed E-state index contributed by atoms with van der Waals surface area (Å²) in [6, 6.07) is 6.26. The van der Waals surface area contributed by atoms with Crippen LogP contribution in [0.2, 0.25) is 0 Å². The summed E-state index contributed by atoms with van der Waals surface area (Å²) >= 11 is 1.45. The van der Waals surface area contributed by atoms with Crippen LogP contribution in [0.1, 0.15) is 17.7 Å². The van der Waals surface area contributed by atoms with Crippen LogP contribution in [-0.4, -0.2) is 65.5 Å². The molecule has 190 valence electrons. The third-order valence-corrected chi connectivity index (χ3v) is 7.62. The molecule has 2 atom stereocenters. The number of pyridine rings is 2. The van der Waals surface area contributed by atoms with E-state index < -0.39 is 17.8 Å². The normalized spacial score (nSPS) is 20.3. The van der Waals surface area contributed by atoms with E-state index in [1.54, 1.807) is 6.07 Å². The fourth-order valence-corrected chi connectivity index (χ4v) is 5.40. The van der Waals surface area contributed by atoms with Gasteiger partial charge in [-0.2, -0.15) is 0 Å². The number of carbonyl (C=O) groups is 1. The maximum absolute atomic E-state index is 15.0. The number of thioether (sulfide) groups is 1. The number of fused-ring (bicyclic) bond motifs is 2. The minimum Gasteiger partial charge on any atom is -0.497 e. The number of alkyl halides is 1. The minimum absolute atomic E-state index is 0.0785. The van der Waals surface area contributed by atoms with Gasteiger partial charge in [-0.3, -0.25) is 14.7 Å². The molecular formula is C25H26F3N5O2S. The Kier molecular flexibility index (Phi) is 7.31. The number of nitrogens with zero attached hydrogens (tertiary/aromatic N) is 3. The van der Waals surface area contributed by atoms with Crippen molar-refractivity contribution in [3.63, 3.8) is 0 Å². The number of nitrogens with one attached hydrogen (secondary N) is 2. The van der Waals surface area contributed by atoms with Gasteiger partial charge in [-0.1, -0.05) is 0 Å². The van der Waals surface area contributed by atoms with Crippen molar-refractivity contribution in [2.24, 2.45) is 0 Å². The lowest BCUT2D eigenvalue weighted by Gasteiger charge is -2.35. The number of amides is 1. The number of methoxy groups -OCH3 is 1. The van der Waals surface area contributed by atoms with Gasteiger partial charge >= 0.3 is 0 Å². The van der Waals surface area contributed by atoms with E-state index in [-0.39, 0.29) is 24.0 Å². The van der Waals surface area contributed by atoms with Gasteiger partial charge in [0, 0.05) is 42.7 Å². The van der Waals surface area contributed by atoms with Gasteiger partial charge in [-0.25, -0.2) is 18.2 Å². The van der Waals surface area contributed by atoms with Crippen LogP contribution in [0.25, 0.3) is 10.9 Å². The third kappa shape index (κ3) is 5.28. The Hall–Kier alpha value is -2.89. The molecule has 5 rings (SSSR count). The second-order valence-corrected chi connectivity index (χ2v) is 9.94. The summed E-state index contributed by atoms with van der Waals surface area (Å²) in [5.74, 6) is 0.0508. The van der Waals surface area contributed by atoms with Crippen LogP contribution < -0.4 is 15.4 Å². The second-order valence-electron chi connectivity index (χ2n) is 8.92. The lowest BCUT2D eigenvalue weighted by molar-refractivity contribution is -0.113. The average molecular weight is 518 g/mol. The van der Waals surface area contributed by atoms with Crippen LogP contribution in [0, 0.1) is 11.6 Å². The van der Waals surface area contributed by atoms with E-state index in [2.05, 4.69) is 20.6 Å². The summed E-state index contributed by atoms with van der Waals surface area (Å²) in [7, 11) is 1.42. The molecule has 1 amide bonds. The van der Waals surface area contributed by atoms with Gasteiger partial charge in [-0.15, -0.1) is 11.8 Å². The molecule has 7 nitrogen and oxygen atoms in total. The minimum atomic E-state index is -1.11. The van der Waals surface area contributed by atoms with Crippen molar-refractivity contribution in [1.29, 1.82) is 0 Å². The Morgan fingerprint density at radius 1 is 1.28 bits per heavy atom. The summed E-state index contributed by atoms with van der Waals surface area (Å²) in [5.41, 5.74) is 1.17. The van der Waals surface area contributed by atoms with Gasteiger partial charge in [0.15, 0.2) is 5.82 Å². The summed E-state index contributed by atoms with van der Waals surface area (Å²) in [5, 5.41) is 6.38. The zero-order valence-corrected chi connectivity index (χ0v) is 20.5. The molecule has 1 fully saturated rings. The fourth-order valence-electron chi connectivity index (χ4n) is 4.64. The van der Waals surface area contributed by atoms with Crippen LogP contribution in [0.15, 0.2) is 35.4 Å². The molecule has 4 heterocycles. The van der Waals surface area contributed by atoms with Gasteiger partial charge < -0.3 is 15.4 Å². The van der Waals surface area contributed by atoms with Crippen molar-refractivity contribution in [1.82, 2.24) is 20.2 Å². The van der Waals surface area contributed by atoms with E-state index in [0.29, 0.717) is 60.7 Å². The van der Waals surface area contributed by atoms with Crippen molar-refractivity contribution < 1.29 is 22.7 Å². The number of likely N-dealkylation sites (tertiary alicyclic amines) is 1. The number of piperidine rings is 1. The Labute approximate surface area is 210 Å². The lowest BCUT2D eigenvalue weighted by atomic mass is 10.0. The van der Waals surface area contributed by atoms with Crippen molar-refractivity contribution in [3.8, 4) is 5.75 Å². The van der Waals surface area contributed by atoms with E-state index in [1.807, 2.05) is 17.0 Å². The first-order valence-corrected chi connectivity index (χ1v) is 12.7. The zero-order chi connectivity index (χ0) is 25.2. The molecule has 3 aromatic rings. The number of halogens is 3. The molecule has 11 heteroatoms. The zero-order valence-electron chi connectivity index (χ0n) is 19.7. The maximum atomic E-state index is 15.0. The largest absolute Gasteiger partial charge is 0.497 e. The summed E-state index contributed by atoms with van der Waals surface area (Å²) in [6.45, 7) is 1.68. The van der Waals surface area contributed by atoms with Crippen LogP contribution in [0.5, 0.6) is 5.75 Å². The number of hydrogen-bond donors (Lipinski definition) is 2. The van der Waals surface area contributed by atoms with Crippen LogP contribution in [0.3, 0.4) is 0 Å². The monoisotopic (exact) mass is 517 g/mol. The number of anilines is 1. The first-order chi connectivity index (χ1) is 17.4. The lowest BCUT2D eigenvalue weighted by Crippen LogP contribution is -2.51. The third-order valence-electron chi connectivity index (χ3n) is 6.57. The molecule has 1 saturated heterocycles. The van der Waals surface area contributed by atoms with Gasteiger partial charge in [0.1, 0.15) is 29.1 Å². The topological polar surface area (TPSA) is 79.4 Å². The highest BCUT2D eigenvalue weighted by molar-refractivity contribution is 8.00. The smallest absolute Gasteiger partial charge is 0.235 e. The predicted octanol–water partition coefficient (Wildman–Crippen LogP) is 3.71. The van der Waals surface area contributed by atoms with Gasteiger partial charge in [0.25, 0.3) is 0 Å². The SMILES string of the molecule is COc1cc(F)c2ncc(F)c(CCN3CC[C@H](NCc4ccc5c(n4)NC(=O)CS5)[C@H](F)C3)c2c1. The van der Waals surface area contributed by atoms with Crippen LogP contribution in [0.4, 0.5) is 19.0 Å². The first kappa shape index (κ1) is 24.8. The Bertz CT molecular complexity index is 1290. The van der Waals surface area contributed by atoms with Gasteiger partial charge in [0.05, 0.1) is 29.6 Å². The van der Waals surface area contributed by atoms with E-state index in [1.165, 1.54) is 24.9 Å². The quantitative estimate of drug-likeness (QED) is 0.495. The predicted molar refractivity (Wildman–Crippen MR) is 132 cm³/mol. The highest BCUT2D eigenvalue weighted by Gasteiger charge is 2.29. The first-order valence-electron chi connectivity index (χ1n) is 11.7. The van der Waals surface area contributed by atoms with Crippen molar-refractivity contribution in [2.75, 3.05) is 37.8 Å². The molecule has 0 radical (unpaired) electrons. The van der Waals surface area contributed by atoms with E-state index in [9.17, 15) is 18.0 Å². The molecule has 0 bridgehead atoms. The molecule has 2 N–H and O–H groups in total. The van der Waals surface area contributed by atoms with E-state index in [0.717, 1.165) is 16.8 Å². The molecule has 0 unspecified atom stereocenters. The van der Waals surface area contributed by atoms with E-state index >= 15 is 0 Å². The maximum Gasteiger partial charge on any atom is 0.235 e. The van der Waals surface area contributed by atoms with Gasteiger partial charge in [-0.05, 0) is 37.6 Å². The van der Waals surface area contributed by atoms with Crippen molar-refractivity contribution in [2.45, 2.75) is 36.5 Å². The molecule has 2 aliphatic rings. The van der Waals surface area contributed by atoms with Crippen LogP contribution >= 0.6 is 11.8 Å². The Morgan fingerprint density at radius 2 is 2.14 bits per heavy atom. The number of ether oxygens (including phenoxy) is 1. The molecule has 0 aliphatic carbocycles. The standard InChI is InChI=1S/C25H26F3N5O2S/c1-35-15-8-17-16(19(27)11-30-24(17)18(26)9-15)4-6-33-7-5-21(20(28)12-33)29-10-14-2-3-22-25(31-14)32-23(34)13-36-22/h2-3,8-9,11,20-21,29H,4-7,10,12-13H2,1H3,(H,31,32,34)/t20-,21+/m1/s1. The molecule has 2 aromatic heterocycles. The summed E-state index contributed by atoms with van der Waals surface area (Å²) in [6.07, 6.45) is 0.801. The number of hydrogen-bond acceptors (Lipinski definition) is 7. The molecular weight excluding hydrogens is 491 g/mol. The van der Waals surface area contributed by atoms with Gasteiger partial charge in [0.2, 0.25) is 5.91 Å². The Balaban J connectivity index is 1.18. The number of aromatic nitrogens is 2. The summed E-state index contributed by atoms with van der Waals surface area (Å²) < 4.78 is 49.1. The van der Waals surface area contributed by atoms with E-state index in [4.69, 9.17) is 4.74 Å². The number of rotatable bonds is 7. The molecule has 1 aromatic carbocycles. The van der Waals surface area contributed by atoms with Crippen molar-refractivity contribution >= 4 is 34.4 Å². The van der Waals surface area contributed by atoms with Crippen molar-refractivity contribution in [3.05, 3.63) is 53.4 Å². The number of carbonyl (C=O) groups excluding carboxylic acids is 1. The molecule has 2 aliphatic heterocycles. The summed E-state index contributed by atoms with van der Waals surface area (Å²) in [4.78, 5) is 22.8. The van der Waals surface area contributed by atoms with Crippen LogP contribution in [-0.2, 0) is 17.8 Å². The second kappa shape index (κ2) is 10.6. The molecule has 0 saturated carbocycles. The highest BCUT2D eigenvalue weighted by atomic mass is 32.2.